The maximum Gasteiger partial charge on any atom is 0.269 e. The van der Waals surface area contributed by atoms with Crippen LogP contribution in [-0.2, 0) is 21.4 Å². The number of nitro groups is 1. The third-order valence-electron chi connectivity index (χ3n) is 4.93. The molecule has 0 saturated carbocycles. The third kappa shape index (κ3) is 5.79. The zero-order valence-corrected chi connectivity index (χ0v) is 18.5. The summed E-state index contributed by atoms with van der Waals surface area (Å²) in [6, 6.07) is 10.2. The highest BCUT2D eigenvalue weighted by Crippen LogP contribution is 2.24. The fourth-order valence-electron chi connectivity index (χ4n) is 3.38. The van der Waals surface area contributed by atoms with Crippen molar-refractivity contribution in [1.82, 2.24) is 9.21 Å². The van der Waals surface area contributed by atoms with Crippen molar-refractivity contribution in [3.63, 3.8) is 0 Å². The lowest BCUT2D eigenvalue weighted by atomic mass is 10.2. The van der Waals surface area contributed by atoms with Crippen LogP contribution in [0.4, 0.5) is 11.4 Å². The van der Waals surface area contributed by atoms with Crippen LogP contribution in [0.15, 0.2) is 47.4 Å². The van der Waals surface area contributed by atoms with Crippen molar-refractivity contribution >= 4 is 38.9 Å². The predicted molar refractivity (Wildman–Crippen MR) is 118 cm³/mol. The summed E-state index contributed by atoms with van der Waals surface area (Å²) in [4.78, 5) is 24.7. The molecule has 0 aliphatic carbocycles. The minimum atomic E-state index is -3.50. The van der Waals surface area contributed by atoms with E-state index >= 15 is 0 Å². The van der Waals surface area contributed by atoms with Gasteiger partial charge in [-0.2, -0.15) is 4.31 Å². The normalized spacial score (nSPS) is 14.7. The number of nitro benzene ring substituents is 1. The van der Waals surface area contributed by atoms with Crippen LogP contribution in [0.2, 0.25) is 5.02 Å². The molecule has 1 heterocycles. The maximum absolute atomic E-state index is 12.6. The number of amides is 1. The van der Waals surface area contributed by atoms with Crippen LogP contribution >= 0.6 is 11.6 Å². The molecule has 1 fully saturated rings. The van der Waals surface area contributed by atoms with Crippen LogP contribution in [0.3, 0.4) is 0 Å². The van der Waals surface area contributed by atoms with E-state index in [9.17, 15) is 23.3 Å². The molecule has 1 amide bonds. The summed E-state index contributed by atoms with van der Waals surface area (Å²) in [6.07, 6.45) is 1.73. The van der Waals surface area contributed by atoms with Gasteiger partial charge in [0.05, 0.1) is 16.4 Å². The standard InChI is InChI=1S/C20H23ClN4O5S/c1-23(13-15-12-17(25(27)28)6-9-19(15)21)14-20(26)22-16-4-7-18(8-5-16)31(29,30)24-10-2-3-11-24/h4-9,12H,2-3,10-11,13-14H2,1H3,(H,22,26). The van der Waals surface area contributed by atoms with E-state index < -0.39 is 14.9 Å². The molecule has 31 heavy (non-hydrogen) atoms. The lowest BCUT2D eigenvalue weighted by Crippen LogP contribution is -2.30. The van der Waals surface area contributed by atoms with E-state index in [0.717, 1.165) is 12.8 Å². The van der Waals surface area contributed by atoms with Gasteiger partial charge in [0.15, 0.2) is 0 Å². The Balaban J connectivity index is 1.58. The number of sulfonamides is 1. The number of anilines is 1. The summed E-state index contributed by atoms with van der Waals surface area (Å²) in [5.41, 5.74) is 0.955. The van der Waals surface area contributed by atoms with Crippen molar-refractivity contribution in [2.45, 2.75) is 24.3 Å². The Morgan fingerprint density at radius 2 is 1.84 bits per heavy atom. The van der Waals surface area contributed by atoms with E-state index in [1.807, 2.05) is 0 Å². The second-order valence-electron chi connectivity index (χ2n) is 7.39. The molecule has 0 aromatic heterocycles. The molecule has 11 heteroatoms. The lowest BCUT2D eigenvalue weighted by molar-refractivity contribution is -0.384. The zero-order chi connectivity index (χ0) is 22.6. The van der Waals surface area contributed by atoms with Gasteiger partial charge in [-0.25, -0.2) is 8.42 Å². The summed E-state index contributed by atoms with van der Waals surface area (Å²) in [5, 5.41) is 14.0. The first-order valence-corrected chi connectivity index (χ1v) is 11.5. The number of carbonyl (C=O) groups is 1. The highest BCUT2D eigenvalue weighted by atomic mass is 35.5. The van der Waals surface area contributed by atoms with Gasteiger partial charge in [-0.3, -0.25) is 19.8 Å². The quantitative estimate of drug-likeness (QED) is 0.472. The Hall–Kier alpha value is -2.53. The molecule has 2 aromatic rings. The first-order chi connectivity index (χ1) is 14.7. The van der Waals surface area contributed by atoms with E-state index in [4.69, 9.17) is 11.6 Å². The number of hydrogen-bond donors (Lipinski definition) is 1. The lowest BCUT2D eigenvalue weighted by Gasteiger charge is -2.18. The Bertz CT molecular complexity index is 1070. The minimum absolute atomic E-state index is 0.0207. The highest BCUT2D eigenvalue weighted by Gasteiger charge is 2.27. The van der Waals surface area contributed by atoms with Gasteiger partial charge in [0.1, 0.15) is 0 Å². The molecule has 1 aliphatic heterocycles. The number of likely N-dealkylation sites (N-methyl/N-ethyl adjacent to an activating group) is 1. The number of nitrogens with zero attached hydrogens (tertiary/aromatic N) is 3. The van der Waals surface area contributed by atoms with Crippen LogP contribution < -0.4 is 5.32 Å². The van der Waals surface area contributed by atoms with Crippen LogP contribution in [0.25, 0.3) is 0 Å². The largest absolute Gasteiger partial charge is 0.325 e. The summed E-state index contributed by atoms with van der Waals surface area (Å²) < 4.78 is 26.6. The number of non-ortho nitro benzene ring substituents is 1. The highest BCUT2D eigenvalue weighted by molar-refractivity contribution is 7.89. The number of carbonyl (C=O) groups excluding carboxylic acids is 1. The molecule has 0 radical (unpaired) electrons. The average molecular weight is 467 g/mol. The summed E-state index contributed by atoms with van der Waals surface area (Å²) in [7, 11) is -1.80. The van der Waals surface area contributed by atoms with Gasteiger partial charge in [-0.05, 0) is 55.8 Å². The fraction of sp³-hybridized carbons (Fsp3) is 0.350. The molecule has 0 unspecified atom stereocenters. The molecule has 1 saturated heterocycles. The van der Waals surface area contributed by atoms with Gasteiger partial charge in [0, 0.05) is 42.5 Å². The molecule has 9 nitrogen and oxygen atoms in total. The van der Waals surface area contributed by atoms with E-state index in [2.05, 4.69) is 5.32 Å². The average Bonchev–Trinajstić information content (AvgIpc) is 3.25. The summed E-state index contributed by atoms with van der Waals surface area (Å²) >= 11 is 6.11. The Kier molecular flexibility index (Phi) is 7.26. The molecular weight excluding hydrogens is 444 g/mol. The number of hydrogen-bond acceptors (Lipinski definition) is 6. The molecule has 2 aromatic carbocycles. The van der Waals surface area contributed by atoms with Crippen molar-refractivity contribution in [3.05, 3.63) is 63.2 Å². The van der Waals surface area contributed by atoms with Gasteiger partial charge in [0.25, 0.3) is 5.69 Å². The van der Waals surface area contributed by atoms with Gasteiger partial charge in [0.2, 0.25) is 15.9 Å². The van der Waals surface area contributed by atoms with E-state index in [1.165, 1.54) is 34.6 Å². The van der Waals surface area contributed by atoms with Crippen molar-refractivity contribution in [3.8, 4) is 0 Å². The number of rotatable bonds is 8. The monoisotopic (exact) mass is 466 g/mol. The predicted octanol–water partition coefficient (Wildman–Crippen LogP) is 3.10. The number of halogens is 1. The van der Waals surface area contributed by atoms with E-state index in [0.29, 0.717) is 29.4 Å². The molecule has 3 rings (SSSR count). The number of nitrogens with one attached hydrogen (secondary N) is 1. The molecular formula is C20H23ClN4O5S. The summed E-state index contributed by atoms with van der Waals surface area (Å²) in [5.74, 6) is -0.306. The fourth-order valence-corrected chi connectivity index (χ4v) is 5.07. The first kappa shape index (κ1) is 23.1. The van der Waals surface area contributed by atoms with Gasteiger partial charge < -0.3 is 5.32 Å². The Morgan fingerprint density at radius 3 is 2.45 bits per heavy atom. The zero-order valence-electron chi connectivity index (χ0n) is 17.0. The van der Waals surface area contributed by atoms with Crippen LogP contribution in [0.5, 0.6) is 0 Å². The molecule has 0 atom stereocenters. The van der Waals surface area contributed by atoms with Crippen molar-refractivity contribution in [2.24, 2.45) is 0 Å². The van der Waals surface area contributed by atoms with Gasteiger partial charge in [-0.15, -0.1) is 0 Å². The second kappa shape index (κ2) is 9.73. The van der Waals surface area contributed by atoms with Crippen molar-refractivity contribution in [1.29, 1.82) is 0 Å². The van der Waals surface area contributed by atoms with Crippen LogP contribution in [0, 0.1) is 10.1 Å². The molecule has 0 spiro atoms. The van der Waals surface area contributed by atoms with Gasteiger partial charge >= 0.3 is 0 Å². The van der Waals surface area contributed by atoms with Crippen molar-refractivity contribution in [2.75, 3.05) is 32.0 Å². The molecule has 1 aliphatic rings. The first-order valence-electron chi connectivity index (χ1n) is 9.68. The molecule has 0 bridgehead atoms. The molecule has 166 valence electrons. The SMILES string of the molecule is CN(CC(=O)Nc1ccc(S(=O)(=O)N2CCCC2)cc1)Cc1cc([N+](=O)[O-])ccc1Cl. The van der Waals surface area contributed by atoms with Crippen molar-refractivity contribution < 1.29 is 18.1 Å². The van der Waals surface area contributed by atoms with E-state index in [1.54, 1.807) is 24.1 Å². The molecule has 1 N–H and O–H groups in total. The Morgan fingerprint density at radius 1 is 1.19 bits per heavy atom. The topological polar surface area (TPSA) is 113 Å². The smallest absolute Gasteiger partial charge is 0.269 e. The summed E-state index contributed by atoms with van der Waals surface area (Å²) in [6.45, 7) is 1.33. The van der Waals surface area contributed by atoms with Gasteiger partial charge in [-0.1, -0.05) is 11.6 Å². The second-order valence-corrected chi connectivity index (χ2v) is 9.73. The maximum atomic E-state index is 12.6. The van der Waals surface area contributed by atoms with Crippen LogP contribution in [-0.4, -0.2) is 55.1 Å². The Labute approximate surface area is 185 Å². The minimum Gasteiger partial charge on any atom is -0.325 e. The van der Waals surface area contributed by atoms with Crippen LogP contribution in [0.1, 0.15) is 18.4 Å². The third-order valence-corrected chi connectivity index (χ3v) is 7.22. The van der Waals surface area contributed by atoms with E-state index in [-0.39, 0.29) is 29.6 Å². The number of benzene rings is 2.